The van der Waals surface area contributed by atoms with E-state index in [1.807, 2.05) is 0 Å². The monoisotopic (exact) mass is 306 g/mol. The largest absolute Gasteiger partial charge is 0.463 e. The Balaban J connectivity index is 2.23. The summed E-state index contributed by atoms with van der Waals surface area (Å²) in [4.78, 5) is 11.5. The summed E-state index contributed by atoms with van der Waals surface area (Å²) in [6, 6.07) is 0. The Bertz CT molecular complexity index is 310. The highest BCUT2D eigenvalue weighted by Gasteiger charge is 2.43. The Hall–Kier alpha value is -0.730. The van der Waals surface area contributed by atoms with Gasteiger partial charge in [0.05, 0.1) is 0 Å². The zero-order valence-corrected chi connectivity index (χ0v) is 12.4. The fourth-order valence-electron chi connectivity index (χ4n) is 2.19. The van der Waals surface area contributed by atoms with Crippen LogP contribution < -0.4 is 0 Å². The smallest absolute Gasteiger partial charge is 0.305 e. The van der Waals surface area contributed by atoms with E-state index >= 15 is 0 Å². The first kappa shape index (κ1) is 18.3. The first-order chi connectivity index (χ1) is 9.97. The predicted octanol–water partition coefficient (Wildman–Crippen LogP) is -0.310. The molecule has 0 aromatic rings. The van der Waals surface area contributed by atoms with Gasteiger partial charge in [0.1, 0.15) is 31.0 Å². The molecule has 2 unspecified atom stereocenters. The lowest BCUT2D eigenvalue weighted by molar-refractivity contribution is -0.287. The Morgan fingerprint density at radius 1 is 1.00 bits per heavy atom. The molecule has 124 valence electrons. The number of esters is 1. The first-order valence-corrected chi connectivity index (χ1v) is 7.50. The van der Waals surface area contributed by atoms with Crippen LogP contribution >= 0.6 is 0 Å². The maximum absolute atomic E-state index is 11.5. The summed E-state index contributed by atoms with van der Waals surface area (Å²) in [6.45, 7) is 1.85. The van der Waals surface area contributed by atoms with Gasteiger partial charge in [0.2, 0.25) is 0 Å². The van der Waals surface area contributed by atoms with Crippen LogP contribution in [0.3, 0.4) is 0 Å². The van der Waals surface area contributed by atoms with E-state index in [1.54, 1.807) is 0 Å². The minimum Gasteiger partial charge on any atom is -0.463 e. The van der Waals surface area contributed by atoms with E-state index in [4.69, 9.17) is 9.47 Å². The highest BCUT2D eigenvalue weighted by molar-refractivity contribution is 5.69. The molecule has 0 aliphatic carbocycles. The molecule has 1 aliphatic rings. The van der Waals surface area contributed by atoms with Crippen LogP contribution in [0.15, 0.2) is 0 Å². The number of unbranched alkanes of at least 4 members (excludes halogenated alkanes) is 4. The molecule has 1 rings (SSSR count). The number of ether oxygens (including phenoxy) is 2. The minimum absolute atomic E-state index is 0.268. The number of aliphatic hydroxyl groups is 4. The molecule has 4 N–H and O–H groups in total. The van der Waals surface area contributed by atoms with Crippen molar-refractivity contribution in [3.8, 4) is 0 Å². The molecule has 1 aliphatic heterocycles. The summed E-state index contributed by atoms with van der Waals surface area (Å²) in [6.07, 6.45) is -1.81. The van der Waals surface area contributed by atoms with E-state index in [0.29, 0.717) is 6.42 Å². The molecule has 0 aromatic heterocycles. The van der Waals surface area contributed by atoms with Gasteiger partial charge in [-0.25, -0.2) is 0 Å². The molecule has 0 bridgehead atoms. The molecule has 0 spiro atoms. The van der Waals surface area contributed by atoms with Crippen molar-refractivity contribution < 1.29 is 34.7 Å². The zero-order chi connectivity index (χ0) is 15.8. The Labute approximate surface area is 124 Å². The van der Waals surface area contributed by atoms with Crippen LogP contribution in [0.2, 0.25) is 0 Å². The molecule has 21 heavy (non-hydrogen) atoms. The standard InChI is InChI=1S/C14H26O7/c1-2-3-4-5-6-7-10(15)20-8-9-11(16)12(17)13(18)14(19)21-9/h9,11-14,16-19H,2-8H2,1H3/t9-,11?,12+,13-,14?/m1/s1. The molecule has 1 heterocycles. The lowest BCUT2D eigenvalue weighted by Gasteiger charge is -2.37. The third-order valence-electron chi connectivity index (χ3n) is 3.58. The fourth-order valence-corrected chi connectivity index (χ4v) is 2.19. The number of aliphatic hydroxyl groups excluding tert-OH is 4. The summed E-state index contributed by atoms with van der Waals surface area (Å²) < 4.78 is 9.87. The second-order valence-corrected chi connectivity index (χ2v) is 5.38. The average molecular weight is 306 g/mol. The van der Waals surface area contributed by atoms with Crippen LogP contribution in [0.25, 0.3) is 0 Å². The van der Waals surface area contributed by atoms with E-state index in [0.717, 1.165) is 32.1 Å². The molecular weight excluding hydrogens is 280 g/mol. The van der Waals surface area contributed by atoms with Gasteiger partial charge in [0.25, 0.3) is 0 Å². The average Bonchev–Trinajstić information content (AvgIpc) is 2.47. The van der Waals surface area contributed by atoms with Crippen LogP contribution in [0.5, 0.6) is 0 Å². The van der Waals surface area contributed by atoms with Crippen LogP contribution in [0.1, 0.15) is 45.4 Å². The molecule has 0 radical (unpaired) electrons. The quantitative estimate of drug-likeness (QED) is 0.359. The second-order valence-electron chi connectivity index (χ2n) is 5.38. The van der Waals surface area contributed by atoms with Gasteiger partial charge in [-0.3, -0.25) is 4.79 Å². The van der Waals surface area contributed by atoms with E-state index < -0.39 is 36.7 Å². The van der Waals surface area contributed by atoms with Crippen molar-refractivity contribution in [2.24, 2.45) is 0 Å². The number of rotatable bonds is 8. The van der Waals surface area contributed by atoms with Crippen molar-refractivity contribution in [1.82, 2.24) is 0 Å². The Kier molecular flexibility index (Phi) is 8.13. The molecule has 7 heteroatoms. The molecule has 7 nitrogen and oxygen atoms in total. The first-order valence-electron chi connectivity index (χ1n) is 7.50. The third-order valence-corrected chi connectivity index (χ3v) is 3.58. The van der Waals surface area contributed by atoms with Crippen molar-refractivity contribution in [3.05, 3.63) is 0 Å². The number of carbonyl (C=O) groups is 1. The van der Waals surface area contributed by atoms with E-state index in [9.17, 15) is 25.2 Å². The molecule has 1 saturated heterocycles. The summed E-state index contributed by atoms with van der Waals surface area (Å²) >= 11 is 0. The lowest BCUT2D eigenvalue weighted by atomic mass is 9.99. The minimum atomic E-state index is -1.61. The summed E-state index contributed by atoms with van der Waals surface area (Å²) in [7, 11) is 0. The van der Waals surface area contributed by atoms with Crippen LogP contribution in [-0.4, -0.2) is 63.7 Å². The number of carbonyl (C=O) groups excluding carboxylic acids is 1. The van der Waals surface area contributed by atoms with E-state index in [2.05, 4.69) is 6.92 Å². The normalized spacial score (nSPS) is 32.9. The highest BCUT2D eigenvalue weighted by Crippen LogP contribution is 2.20. The predicted molar refractivity (Wildman–Crippen MR) is 73.2 cm³/mol. The van der Waals surface area contributed by atoms with Gasteiger partial charge in [0.15, 0.2) is 6.29 Å². The van der Waals surface area contributed by atoms with Gasteiger partial charge in [0, 0.05) is 6.42 Å². The van der Waals surface area contributed by atoms with Crippen molar-refractivity contribution >= 4 is 5.97 Å². The number of hydrogen-bond donors (Lipinski definition) is 4. The SMILES string of the molecule is CCCCCCCC(=O)OC[C@H]1OC(O)[C@H](O)[C@@H](O)C1O. The van der Waals surface area contributed by atoms with Gasteiger partial charge in [-0.1, -0.05) is 32.6 Å². The Morgan fingerprint density at radius 3 is 2.33 bits per heavy atom. The Morgan fingerprint density at radius 2 is 1.67 bits per heavy atom. The zero-order valence-electron chi connectivity index (χ0n) is 12.4. The van der Waals surface area contributed by atoms with Crippen LogP contribution in [-0.2, 0) is 14.3 Å². The topological polar surface area (TPSA) is 116 Å². The van der Waals surface area contributed by atoms with Crippen molar-refractivity contribution in [2.45, 2.75) is 76.2 Å². The van der Waals surface area contributed by atoms with Gasteiger partial charge in [-0.2, -0.15) is 0 Å². The summed E-state index contributed by atoms with van der Waals surface area (Å²) in [5.41, 5.74) is 0. The molecule has 5 atom stereocenters. The van der Waals surface area contributed by atoms with Crippen LogP contribution in [0.4, 0.5) is 0 Å². The molecule has 0 amide bonds. The van der Waals surface area contributed by atoms with Gasteiger partial charge < -0.3 is 29.9 Å². The lowest BCUT2D eigenvalue weighted by Crippen LogP contribution is -2.58. The van der Waals surface area contributed by atoms with E-state index in [1.165, 1.54) is 0 Å². The van der Waals surface area contributed by atoms with E-state index in [-0.39, 0.29) is 6.61 Å². The van der Waals surface area contributed by atoms with Crippen molar-refractivity contribution in [2.75, 3.05) is 6.61 Å². The highest BCUT2D eigenvalue weighted by atomic mass is 16.6. The summed E-state index contributed by atoms with van der Waals surface area (Å²) in [5.74, 6) is -0.405. The van der Waals surface area contributed by atoms with Gasteiger partial charge in [-0.15, -0.1) is 0 Å². The molecular formula is C14H26O7. The maximum atomic E-state index is 11.5. The molecule has 0 aromatic carbocycles. The van der Waals surface area contributed by atoms with Crippen LogP contribution in [0, 0.1) is 0 Å². The third kappa shape index (κ3) is 5.88. The maximum Gasteiger partial charge on any atom is 0.305 e. The van der Waals surface area contributed by atoms with Crippen molar-refractivity contribution in [1.29, 1.82) is 0 Å². The van der Waals surface area contributed by atoms with Crippen molar-refractivity contribution in [3.63, 3.8) is 0 Å². The van der Waals surface area contributed by atoms with Gasteiger partial charge in [-0.05, 0) is 6.42 Å². The fraction of sp³-hybridized carbons (Fsp3) is 0.929. The van der Waals surface area contributed by atoms with Gasteiger partial charge >= 0.3 is 5.97 Å². The number of hydrogen-bond acceptors (Lipinski definition) is 7. The summed E-state index contributed by atoms with van der Waals surface area (Å²) in [5, 5.41) is 37.8. The molecule has 0 saturated carbocycles. The second kappa shape index (κ2) is 9.32. The molecule has 1 fully saturated rings.